The largest absolute Gasteiger partial charge is 0.465 e. The van der Waals surface area contributed by atoms with Crippen molar-refractivity contribution < 1.29 is 19.1 Å². The minimum atomic E-state index is -0.420. The Bertz CT molecular complexity index is 240. The minimum absolute atomic E-state index is 0.283. The van der Waals surface area contributed by atoms with Crippen molar-refractivity contribution in [2.24, 2.45) is 0 Å². The van der Waals surface area contributed by atoms with Gasteiger partial charge in [0.15, 0.2) is 0 Å². The fourth-order valence-corrected chi connectivity index (χ4v) is 1.08. The van der Waals surface area contributed by atoms with Crippen LogP contribution in [-0.4, -0.2) is 49.7 Å². The van der Waals surface area contributed by atoms with Gasteiger partial charge < -0.3 is 9.47 Å². The number of esters is 2. The van der Waals surface area contributed by atoms with Crippen molar-refractivity contribution in [3.63, 3.8) is 0 Å². The molecule has 0 N–H and O–H groups in total. The molecule has 0 saturated heterocycles. The smallest absolute Gasteiger partial charge is 0.330 e. The molecule has 0 atom stereocenters. The number of likely N-dealkylation sites (N-methyl/N-ethyl adjacent to an activating group) is 1. The first-order valence-corrected chi connectivity index (χ1v) is 5.25. The molecule has 0 aliphatic carbocycles. The lowest BCUT2D eigenvalue weighted by atomic mass is 10.4. The average molecular weight is 229 g/mol. The number of hydrogen-bond acceptors (Lipinski definition) is 5. The van der Waals surface area contributed by atoms with Crippen molar-refractivity contribution in [2.45, 2.75) is 13.8 Å². The molecule has 0 rings (SSSR count). The van der Waals surface area contributed by atoms with Crippen molar-refractivity contribution in [1.82, 2.24) is 4.90 Å². The maximum Gasteiger partial charge on any atom is 0.330 e. The van der Waals surface area contributed by atoms with Crippen LogP contribution in [-0.2, 0) is 19.1 Å². The second kappa shape index (κ2) is 8.91. The molecule has 0 bridgehead atoms. The van der Waals surface area contributed by atoms with E-state index in [1.807, 2.05) is 11.8 Å². The van der Waals surface area contributed by atoms with Gasteiger partial charge in [0.1, 0.15) is 13.2 Å². The Hall–Kier alpha value is -1.36. The second-order valence-electron chi connectivity index (χ2n) is 3.15. The van der Waals surface area contributed by atoms with E-state index < -0.39 is 5.97 Å². The van der Waals surface area contributed by atoms with Gasteiger partial charge in [0.25, 0.3) is 0 Å². The van der Waals surface area contributed by atoms with Crippen LogP contribution < -0.4 is 0 Å². The molecule has 0 fully saturated rings. The number of ether oxygens (including phenoxy) is 2. The molecule has 5 nitrogen and oxygen atoms in total. The maximum absolute atomic E-state index is 10.8. The predicted octanol–water partition coefficient (Wildman–Crippen LogP) is 0.601. The Labute approximate surface area is 96.0 Å². The Balaban J connectivity index is 3.62. The van der Waals surface area contributed by atoms with Crippen LogP contribution in [0.4, 0.5) is 0 Å². The molecule has 0 saturated carbocycles. The van der Waals surface area contributed by atoms with Gasteiger partial charge in [0, 0.05) is 26.1 Å². The van der Waals surface area contributed by atoms with E-state index in [1.54, 1.807) is 0 Å². The molecule has 0 spiro atoms. The number of nitrogens with zero attached hydrogens (tertiary/aromatic N) is 1. The number of carbonyl (C=O) groups is 2. The SMILES string of the molecule is C=CC(=O)OCCN(CC)CCOC(C)=O. The van der Waals surface area contributed by atoms with Crippen molar-refractivity contribution in [3.05, 3.63) is 12.7 Å². The first kappa shape index (κ1) is 14.6. The van der Waals surface area contributed by atoms with E-state index in [1.165, 1.54) is 6.92 Å². The van der Waals surface area contributed by atoms with E-state index in [0.29, 0.717) is 26.3 Å². The zero-order valence-corrected chi connectivity index (χ0v) is 9.90. The zero-order valence-electron chi connectivity index (χ0n) is 9.90. The van der Waals surface area contributed by atoms with Gasteiger partial charge in [-0.3, -0.25) is 9.69 Å². The minimum Gasteiger partial charge on any atom is -0.465 e. The van der Waals surface area contributed by atoms with Crippen LogP contribution in [0.3, 0.4) is 0 Å². The third-order valence-electron chi connectivity index (χ3n) is 1.98. The third-order valence-corrected chi connectivity index (χ3v) is 1.98. The first-order valence-electron chi connectivity index (χ1n) is 5.25. The van der Waals surface area contributed by atoms with Gasteiger partial charge >= 0.3 is 11.9 Å². The highest BCUT2D eigenvalue weighted by molar-refractivity contribution is 5.81. The zero-order chi connectivity index (χ0) is 12.4. The number of hydrogen-bond donors (Lipinski definition) is 0. The highest BCUT2D eigenvalue weighted by Crippen LogP contribution is 1.90. The van der Waals surface area contributed by atoms with Gasteiger partial charge in [-0.1, -0.05) is 13.5 Å². The first-order chi connectivity index (χ1) is 7.60. The van der Waals surface area contributed by atoms with Gasteiger partial charge in [0.2, 0.25) is 0 Å². The molecule has 0 aromatic rings. The highest BCUT2D eigenvalue weighted by Gasteiger charge is 2.04. The number of rotatable bonds is 8. The summed E-state index contributed by atoms with van der Waals surface area (Å²) in [7, 11) is 0. The van der Waals surface area contributed by atoms with Crippen LogP contribution in [0.2, 0.25) is 0 Å². The molecular weight excluding hydrogens is 210 g/mol. The topological polar surface area (TPSA) is 55.8 Å². The molecule has 0 aromatic carbocycles. The summed E-state index contributed by atoms with van der Waals surface area (Å²) in [4.78, 5) is 23.3. The molecule has 0 aromatic heterocycles. The van der Waals surface area contributed by atoms with Crippen LogP contribution in [0.1, 0.15) is 13.8 Å². The lowest BCUT2D eigenvalue weighted by molar-refractivity contribution is -0.141. The van der Waals surface area contributed by atoms with E-state index in [9.17, 15) is 9.59 Å². The Morgan fingerprint density at radius 3 is 2.25 bits per heavy atom. The molecule has 0 radical (unpaired) electrons. The molecule has 16 heavy (non-hydrogen) atoms. The quantitative estimate of drug-likeness (QED) is 0.450. The average Bonchev–Trinajstić information content (AvgIpc) is 2.26. The molecule has 0 aliphatic rings. The lowest BCUT2D eigenvalue weighted by Crippen LogP contribution is -2.31. The van der Waals surface area contributed by atoms with Crippen LogP contribution >= 0.6 is 0 Å². The van der Waals surface area contributed by atoms with Gasteiger partial charge in [-0.2, -0.15) is 0 Å². The molecule has 5 heteroatoms. The molecular formula is C11H19NO4. The van der Waals surface area contributed by atoms with Gasteiger partial charge in [-0.05, 0) is 6.54 Å². The molecule has 0 heterocycles. The van der Waals surface area contributed by atoms with E-state index >= 15 is 0 Å². The van der Waals surface area contributed by atoms with Gasteiger partial charge in [-0.25, -0.2) is 4.79 Å². The van der Waals surface area contributed by atoms with Crippen LogP contribution in [0.5, 0.6) is 0 Å². The summed E-state index contributed by atoms with van der Waals surface area (Å²) in [6.45, 7) is 9.42. The normalized spacial score (nSPS) is 9.94. The summed E-state index contributed by atoms with van der Waals surface area (Å²) in [5.41, 5.74) is 0. The van der Waals surface area contributed by atoms with Crippen LogP contribution in [0, 0.1) is 0 Å². The van der Waals surface area contributed by atoms with Crippen molar-refractivity contribution in [2.75, 3.05) is 32.8 Å². The van der Waals surface area contributed by atoms with E-state index in [-0.39, 0.29) is 5.97 Å². The van der Waals surface area contributed by atoms with Crippen molar-refractivity contribution in [1.29, 1.82) is 0 Å². The van der Waals surface area contributed by atoms with E-state index in [2.05, 4.69) is 6.58 Å². The van der Waals surface area contributed by atoms with Crippen LogP contribution in [0.15, 0.2) is 12.7 Å². The van der Waals surface area contributed by atoms with Crippen molar-refractivity contribution in [3.8, 4) is 0 Å². The maximum atomic E-state index is 10.8. The van der Waals surface area contributed by atoms with Crippen molar-refractivity contribution >= 4 is 11.9 Å². The highest BCUT2D eigenvalue weighted by atomic mass is 16.5. The van der Waals surface area contributed by atoms with Gasteiger partial charge in [-0.15, -0.1) is 0 Å². The Morgan fingerprint density at radius 2 is 1.81 bits per heavy atom. The van der Waals surface area contributed by atoms with Crippen LogP contribution in [0.25, 0.3) is 0 Å². The number of carbonyl (C=O) groups excluding carboxylic acids is 2. The molecule has 0 unspecified atom stereocenters. The fraction of sp³-hybridized carbons (Fsp3) is 0.636. The summed E-state index contributed by atoms with van der Waals surface area (Å²) >= 11 is 0. The predicted molar refractivity (Wildman–Crippen MR) is 59.9 cm³/mol. The summed E-state index contributed by atoms with van der Waals surface area (Å²) in [5, 5.41) is 0. The standard InChI is InChI=1S/C11H19NO4/c1-4-11(14)16-9-7-12(5-2)6-8-15-10(3)13/h4H,1,5-9H2,2-3H3. The molecule has 92 valence electrons. The Morgan fingerprint density at radius 1 is 1.25 bits per heavy atom. The second-order valence-corrected chi connectivity index (χ2v) is 3.15. The van der Waals surface area contributed by atoms with Gasteiger partial charge in [0.05, 0.1) is 0 Å². The summed E-state index contributed by atoms with van der Waals surface area (Å²) in [6.07, 6.45) is 1.13. The van der Waals surface area contributed by atoms with E-state index in [0.717, 1.165) is 12.6 Å². The molecule has 0 amide bonds. The fourth-order valence-electron chi connectivity index (χ4n) is 1.08. The summed E-state index contributed by atoms with van der Waals surface area (Å²) < 4.78 is 9.66. The summed E-state index contributed by atoms with van der Waals surface area (Å²) in [6, 6.07) is 0. The lowest BCUT2D eigenvalue weighted by Gasteiger charge is -2.19. The molecule has 0 aliphatic heterocycles. The third kappa shape index (κ3) is 7.99. The monoisotopic (exact) mass is 229 g/mol. The summed E-state index contributed by atoms with van der Waals surface area (Å²) in [5.74, 6) is -0.704. The Kier molecular flexibility index (Phi) is 8.15. The van der Waals surface area contributed by atoms with E-state index in [4.69, 9.17) is 9.47 Å².